The van der Waals surface area contributed by atoms with Crippen molar-refractivity contribution in [3.63, 3.8) is 0 Å². The lowest BCUT2D eigenvalue weighted by atomic mass is 9.97. The summed E-state index contributed by atoms with van der Waals surface area (Å²) >= 11 is 0. The van der Waals surface area contributed by atoms with Crippen molar-refractivity contribution in [2.24, 2.45) is 4.99 Å². The molecule has 0 amide bonds. The largest absolute Gasteiger partial charge is 0.385 e. The standard InChI is InChI=1S/C22H37N3O2/c1-17-15-18(2)21(19(3)16-17)7-10-24-22(23-4)25-11-8-20(9-12-25)27-14-6-13-26-5/h15-16,20H,6-14H2,1-5H3,(H,23,24). The fourth-order valence-electron chi connectivity index (χ4n) is 3.92. The summed E-state index contributed by atoms with van der Waals surface area (Å²) < 4.78 is 11.0. The van der Waals surface area contributed by atoms with E-state index in [4.69, 9.17) is 9.47 Å². The molecule has 0 saturated carbocycles. The van der Waals surface area contributed by atoms with Crippen LogP contribution in [0.4, 0.5) is 0 Å². The Morgan fingerprint density at radius 1 is 1.15 bits per heavy atom. The van der Waals surface area contributed by atoms with Gasteiger partial charge in [0.25, 0.3) is 0 Å². The maximum atomic E-state index is 5.95. The van der Waals surface area contributed by atoms with E-state index >= 15 is 0 Å². The van der Waals surface area contributed by atoms with E-state index in [0.29, 0.717) is 6.10 Å². The van der Waals surface area contributed by atoms with Gasteiger partial charge in [-0.15, -0.1) is 0 Å². The molecule has 0 spiro atoms. The van der Waals surface area contributed by atoms with E-state index in [2.05, 4.69) is 48.1 Å². The molecule has 1 heterocycles. The molecule has 0 atom stereocenters. The summed E-state index contributed by atoms with van der Waals surface area (Å²) in [6.07, 6.45) is 4.48. The van der Waals surface area contributed by atoms with Crippen molar-refractivity contribution in [3.8, 4) is 0 Å². The molecule has 1 N–H and O–H groups in total. The third-order valence-corrected chi connectivity index (χ3v) is 5.30. The predicted molar refractivity (Wildman–Crippen MR) is 113 cm³/mol. The van der Waals surface area contributed by atoms with E-state index in [1.54, 1.807) is 7.11 Å². The van der Waals surface area contributed by atoms with Gasteiger partial charge in [0.1, 0.15) is 0 Å². The van der Waals surface area contributed by atoms with Gasteiger partial charge in [0.05, 0.1) is 6.10 Å². The maximum Gasteiger partial charge on any atom is 0.193 e. The third kappa shape index (κ3) is 6.82. The maximum absolute atomic E-state index is 5.95. The quantitative estimate of drug-likeness (QED) is 0.430. The topological polar surface area (TPSA) is 46.1 Å². The van der Waals surface area contributed by atoms with Crippen LogP contribution in [0.2, 0.25) is 0 Å². The number of guanidine groups is 1. The zero-order valence-electron chi connectivity index (χ0n) is 17.8. The summed E-state index contributed by atoms with van der Waals surface area (Å²) in [5.74, 6) is 1.01. The van der Waals surface area contributed by atoms with Gasteiger partial charge in [-0.25, -0.2) is 0 Å². The zero-order chi connectivity index (χ0) is 19.6. The molecular formula is C22H37N3O2. The molecule has 0 aliphatic carbocycles. The average molecular weight is 376 g/mol. The van der Waals surface area contributed by atoms with Gasteiger partial charge in [-0.05, 0) is 63.1 Å². The summed E-state index contributed by atoms with van der Waals surface area (Å²) in [5.41, 5.74) is 5.56. The second-order valence-corrected chi connectivity index (χ2v) is 7.50. The van der Waals surface area contributed by atoms with Crippen molar-refractivity contribution in [2.45, 2.75) is 52.6 Å². The number of aliphatic imine (C=N–C) groups is 1. The SMILES string of the molecule is CN=C(NCCc1c(C)cc(C)cc1C)N1CCC(OCCCOC)CC1. The first-order valence-corrected chi connectivity index (χ1v) is 10.2. The van der Waals surface area contributed by atoms with Crippen LogP contribution in [0.25, 0.3) is 0 Å². The highest BCUT2D eigenvalue weighted by molar-refractivity contribution is 5.80. The second-order valence-electron chi connectivity index (χ2n) is 7.50. The number of hydrogen-bond acceptors (Lipinski definition) is 3. The average Bonchev–Trinajstić information content (AvgIpc) is 2.65. The molecule has 1 aliphatic heterocycles. The Morgan fingerprint density at radius 2 is 1.81 bits per heavy atom. The Labute approximate surface area is 165 Å². The molecule has 5 nitrogen and oxygen atoms in total. The number of nitrogens with zero attached hydrogens (tertiary/aromatic N) is 2. The van der Waals surface area contributed by atoms with Crippen molar-refractivity contribution in [1.29, 1.82) is 0 Å². The number of ether oxygens (including phenoxy) is 2. The Kier molecular flexibility index (Phi) is 9.08. The van der Waals surface area contributed by atoms with Gasteiger partial charge in [0.2, 0.25) is 0 Å². The number of rotatable bonds is 8. The van der Waals surface area contributed by atoms with Crippen LogP contribution >= 0.6 is 0 Å². The fraction of sp³-hybridized carbons (Fsp3) is 0.682. The van der Waals surface area contributed by atoms with Gasteiger partial charge >= 0.3 is 0 Å². The molecule has 0 unspecified atom stereocenters. The van der Waals surface area contributed by atoms with Crippen molar-refractivity contribution in [2.75, 3.05) is 47.0 Å². The van der Waals surface area contributed by atoms with Crippen LogP contribution in [0.5, 0.6) is 0 Å². The second kappa shape index (κ2) is 11.3. The number of hydrogen-bond donors (Lipinski definition) is 1. The van der Waals surface area contributed by atoms with E-state index in [1.807, 2.05) is 7.05 Å². The minimum absolute atomic E-state index is 0.370. The predicted octanol–water partition coefficient (Wildman–Crippen LogP) is 3.25. The summed E-state index contributed by atoms with van der Waals surface area (Å²) in [5, 5.41) is 3.55. The highest BCUT2D eigenvalue weighted by Gasteiger charge is 2.21. The number of nitrogens with one attached hydrogen (secondary N) is 1. The fourth-order valence-corrected chi connectivity index (χ4v) is 3.92. The minimum atomic E-state index is 0.370. The van der Waals surface area contributed by atoms with Crippen molar-refractivity contribution in [3.05, 3.63) is 34.4 Å². The molecule has 152 valence electrons. The van der Waals surface area contributed by atoms with Crippen molar-refractivity contribution in [1.82, 2.24) is 10.2 Å². The molecule has 27 heavy (non-hydrogen) atoms. The normalized spacial score (nSPS) is 16.0. The molecule has 2 rings (SSSR count). The highest BCUT2D eigenvalue weighted by atomic mass is 16.5. The van der Waals surface area contributed by atoms with Gasteiger partial charge in [0, 0.05) is 47.0 Å². The number of benzene rings is 1. The Bertz CT molecular complexity index is 585. The van der Waals surface area contributed by atoms with E-state index in [0.717, 1.165) is 64.5 Å². The summed E-state index contributed by atoms with van der Waals surface area (Å²) in [7, 11) is 3.61. The summed E-state index contributed by atoms with van der Waals surface area (Å²) in [6.45, 7) is 11.0. The van der Waals surface area contributed by atoms with E-state index in [-0.39, 0.29) is 0 Å². The van der Waals surface area contributed by atoms with Gasteiger partial charge in [0.15, 0.2) is 5.96 Å². The molecule has 1 aliphatic rings. The monoisotopic (exact) mass is 375 g/mol. The van der Waals surface area contributed by atoms with Crippen LogP contribution in [0, 0.1) is 20.8 Å². The molecule has 1 aromatic carbocycles. The zero-order valence-corrected chi connectivity index (χ0v) is 17.8. The first-order valence-electron chi connectivity index (χ1n) is 10.2. The van der Waals surface area contributed by atoms with Crippen LogP contribution in [0.15, 0.2) is 17.1 Å². The minimum Gasteiger partial charge on any atom is -0.385 e. The number of piperidine rings is 1. The molecule has 0 radical (unpaired) electrons. The lowest BCUT2D eigenvalue weighted by Gasteiger charge is -2.34. The highest BCUT2D eigenvalue weighted by Crippen LogP contribution is 2.17. The van der Waals surface area contributed by atoms with Crippen LogP contribution in [0.3, 0.4) is 0 Å². The van der Waals surface area contributed by atoms with Crippen LogP contribution in [-0.4, -0.2) is 64.0 Å². The molecular weight excluding hydrogens is 338 g/mol. The lowest BCUT2D eigenvalue weighted by molar-refractivity contribution is 0.00992. The van der Waals surface area contributed by atoms with Gasteiger partial charge in [-0.3, -0.25) is 4.99 Å². The molecule has 0 aromatic heterocycles. The first kappa shape index (κ1) is 21.7. The third-order valence-electron chi connectivity index (χ3n) is 5.30. The molecule has 1 aromatic rings. The van der Waals surface area contributed by atoms with Gasteiger partial charge in [-0.1, -0.05) is 17.7 Å². The molecule has 1 fully saturated rings. The van der Waals surface area contributed by atoms with Crippen LogP contribution < -0.4 is 5.32 Å². The van der Waals surface area contributed by atoms with Crippen molar-refractivity contribution < 1.29 is 9.47 Å². The van der Waals surface area contributed by atoms with Gasteiger partial charge < -0.3 is 19.7 Å². The Hall–Kier alpha value is -1.59. The summed E-state index contributed by atoms with van der Waals surface area (Å²) in [4.78, 5) is 6.84. The Morgan fingerprint density at radius 3 is 2.41 bits per heavy atom. The number of methoxy groups -OCH3 is 1. The van der Waals surface area contributed by atoms with E-state index in [1.165, 1.54) is 22.3 Å². The Balaban J connectivity index is 1.75. The molecule has 1 saturated heterocycles. The molecule has 5 heteroatoms. The molecule has 0 bridgehead atoms. The van der Waals surface area contributed by atoms with Gasteiger partial charge in [-0.2, -0.15) is 0 Å². The van der Waals surface area contributed by atoms with Crippen molar-refractivity contribution >= 4 is 5.96 Å². The van der Waals surface area contributed by atoms with E-state index in [9.17, 15) is 0 Å². The smallest absolute Gasteiger partial charge is 0.193 e. The number of aryl methyl sites for hydroxylation is 3. The van der Waals surface area contributed by atoms with Crippen LogP contribution in [0.1, 0.15) is 41.5 Å². The van der Waals surface area contributed by atoms with Crippen LogP contribution in [-0.2, 0) is 15.9 Å². The number of likely N-dealkylation sites (tertiary alicyclic amines) is 1. The van der Waals surface area contributed by atoms with E-state index < -0.39 is 0 Å². The summed E-state index contributed by atoms with van der Waals surface area (Å²) in [6, 6.07) is 4.54. The lowest BCUT2D eigenvalue weighted by Crippen LogP contribution is -2.47. The first-order chi connectivity index (χ1) is 13.0.